The molecule has 19 heavy (non-hydrogen) atoms. The molecule has 0 unspecified atom stereocenters. The monoisotopic (exact) mass is 264 g/mol. The lowest BCUT2D eigenvalue weighted by molar-refractivity contribution is 0.150. The van der Waals surface area contributed by atoms with E-state index in [2.05, 4.69) is 34.2 Å². The molecule has 1 N–H and O–H groups in total. The molecule has 5 heteroatoms. The molecule has 1 fully saturated rings. The van der Waals surface area contributed by atoms with Gasteiger partial charge >= 0.3 is 0 Å². The SMILES string of the molecule is COc1ncnc(NCC2(C)CCN(C)CC2)c1C. The van der Waals surface area contributed by atoms with Gasteiger partial charge in [0.25, 0.3) is 0 Å². The number of nitrogens with one attached hydrogen (secondary N) is 1. The predicted molar refractivity (Wildman–Crippen MR) is 76.6 cm³/mol. The minimum absolute atomic E-state index is 0.344. The number of piperidine rings is 1. The van der Waals surface area contributed by atoms with Crippen molar-refractivity contribution in [1.29, 1.82) is 0 Å². The maximum Gasteiger partial charge on any atom is 0.221 e. The number of ether oxygens (including phenoxy) is 1. The van der Waals surface area contributed by atoms with Crippen LogP contribution in [-0.2, 0) is 0 Å². The smallest absolute Gasteiger partial charge is 0.221 e. The Hall–Kier alpha value is -1.36. The van der Waals surface area contributed by atoms with Crippen molar-refractivity contribution in [3.63, 3.8) is 0 Å². The average Bonchev–Trinajstić information content (AvgIpc) is 2.41. The van der Waals surface area contributed by atoms with Crippen molar-refractivity contribution in [3.8, 4) is 5.88 Å². The summed E-state index contributed by atoms with van der Waals surface area (Å²) in [5.74, 6) is 1.53. The van der Waals surface area contributed by atoms with Crippen molar-refractivity contribution < 1.29 is 4.74 Å². The van der Waals surface area contributed by atoms with E-state index in [1.165, 1.54) is 25.9 Å². The maximum atomic E-state index is 5.22. The van der Waals surface area contributed by atoms with Gasteiger partial charge in [-0.25, -0.2) is 9.97 Å². The molecule has 1 aliphatic rings. The Morgan fingerprint density at radius 3 is 2.68 bits per heavy atom. The highest BCUT2D eigenvalue weighted by atomic mass is 16.5. The number of hydrogen-bond acceptors (Lipinski definition) is 5. The first-order chi connectivity index (χ1) is 9.04. The van der Waals surface area contributed by atoms with Crippen LogP contribution < -0.4 is 10.1 Å². The molecule has 2 heterocycles. The first-order valence-electron chi connectivity index (χ1n) is 6.82. The molecule has 0 aliphatic carbocycles. The molecular formula is C14H24N4O. The van der Waals surface area contributed by atoms with Crippen LogP contribution in [0.4, 0.5) is 5.82 Å². The highest BCUT2D eigenvalue weighted by Crippen LogP contribution is 2.31. The van der Waals surface area contributed by atoms with Gasteiger partial charge in [0.1, 0.15) is 12.1 Å². The molecule has 0 aromatic carbocycles. The second-order valence-corrected chi connectivity index (χ2v) is 5.82. The Kier molecular flexibility index (Phi) is 4.24. The lowest BCUT2D eigenvalue weighted by Gasteiger charge is -2.38. The van der Waals surface area contributed by atoms with E-state index >= 15 is 0 Å². The third-order valence-electron chi connectivity index (χ3n) is 4.11. The Balaban J connectivity index is 1.99. The molecule has 106 valence electrons. The van der Waals surface area contributed by atoms with Crippen LogP contribution in [0.25, 0.3) is 0 Å². The molecule has 0 saturated carbocycles. The first kappa shape index (κ1) is 14.1. The standard InChI is InChI=1S/C14H24N4O/c1-11-12(16-10-17-13(11)19-4)15-9-14(2)5-7-18(3)8-6-14/h10H,5-9H2,1-4H3,(H,15,16,17). The van der Waals surface area contributed by atoms with Crippen LogP contribution in [0.15, 0.2) is 6.33 Å². The van der Waals surface area contributed by atoms with E-state index in [0.29, 0.717) is 11.3 Å². The zero-order valence-corrected chi connectivity index (χ0v) is 12.4. The average molecular weight is 264 g/mol. The fourth-order valence-corrected chi connectivity index (χ4v) is 2.45. The van der Waals surface area contributed by atoms with Crippen molar-refractivity contribution in [2.45, 2.75) is 26.7 Å². The lowest BCUT2D eigenvalue weighted by Crippen LogP contribution is -2.40. The van der Waals surface area contributed by atoms with Crippen LogP contribution in [0.1, 0.15) is 25.3 Å². The van der Waals surface area contributed by atoms with E-state index in [4.69, 9.17) is 4.74 Å². The summed E-state index contributed by atoms with van der Waals surface area (Å²) in [7, 11) is 3.82. The van der Waals surface area contributed by atoms with Gasteiger partial charge in [-0.15, -0.1) is 0 Å². The van der Waals surface area contributed by atoms with Crippen molar-refractivity contribution in [1.82, 2.24) is 14.9 Å². The molecule has 0 atom stereocenters. The van der Waals surface area contributed by atoms with E-state index in [9.17, 15) is 0 Å². The molecule has 0 bridgehead atoms. The molecule has 0 spiro atoms. The van der Waals surface area contributed by atoms with E-state index in [0.717, 1.165) is 17.9 Å². The van der Waals surface area contributed by atoms with Gasteiger partial charge in [0.2, 0.25) is 5.88 Å². The summed E-state index contributed by atoms with van der Waals surface area (Å²) in [5.41, 5.74) is 1.32. The topological polar surface area (TPSA) is 50.3 Å². The molecule has 1 aromatic rings. The molecule has 5 nitrogen and oxygen atoms in total. The molecule has 2 rings (SSSR count). The van der Waals surface area contributed by atoms with Gasteiger partial charge in [-0.3, -0.25) is 0 Å². The van der Waals surface area contributed by atoms with Gasteiger partial charge in [0.05, 0.1) is 12.7 Å². The molecule has 1 aromatic heterocycles. The Morgan fingerprint density at radius 2 is 2.05 bits per heavy atom. The Morgan fingerprint density at radius 1 is 1.37 bits per heavy atom. The second-order valence-electron chi connectivity index (χ2n) is 5.82. The maximum absolute atomic E-state index is 5.22. The van der Waals surface area contributed by atoms with Crippen LogP contribution in [0.2, 0.25) is 0 Å². The van der Waals surface area contributed by atoms with Crippen molar-refractivity contribution >= 4 is 5.82 Å². The minimum Gasteiger partial charge on any atom is -0.481 e. The fourth-order valence-electron chi connectivity index (χ4n) is 2.45. The van der Waals surface area contributed by atoms with Gasteiger partial charge in [-0.05, 0) is 45.3 Å². The van der Waals surface area contributed by atoms with Gasteiger partial charge in [0.15, 0.2) is 0 Å². The van der Waals surface area contributed by atoms with Crippen LogP contribution in [0, 0.1) is 12.3 Å². The highest BCUT2D eigenvalue weighted by Gasteiger charge is 2.28. The molecule has 1 aliphatic heterocycles. The van der Waals surface area contributed by atoms with E-state index < -0.39 is 0 Å². The van der Waals surface area contributed by atoms with Crippen molar-refractivity contribution in [2.75, 3.05) is 39.1 Å². The predicted octanol–water partition coefficient (Wildman–Crippen LogP) is 1.94. The lowest BCUT2D eigenvalue weighted by atomic mass is 9.80. The zero-order valence-electron chi connectivity index (χ0n) is 12.4. The third-order valence-corrected chi connectivity index (χ3v) is 4.11. The third kappa shape index (κ3) is 3.35. The molecule has 0 amide bonds. The number of anilines is 1. The summed E-state index contributed by atoms with van der Waals surface area (Å²) in [5, 5.41) is 3.46. The summed E-state index contributed by atoms with van der Waals surface area (Å²) in [4.78, 5) is 10.8. The van der Waals surface area contributed by atoms with E-state index in [1.807, 2.05) is 6.92 Å². The number of nitrogens with zero attached hydrogens (tertiary/aromatic N) is 3. The van der Waals surface area contributed by atoms with Gasteiger partial charge in [0, 0.05) is 6.54 Å². The van der Waals surface area contributed by atoms with Crippen molar-refractivity contribution in [2.24, 2.45) is 5.41 Å². The zero-order chi connectivity index (χ0) is 13.9. The largest absolute Gasteiger partial charge is 0.481 e. The van der Waals surface area contributed by atoms with Crippen LogP contribution in [0.5, 0.6) is 5.88 Å². The molecular weight excluding hydrogens is 240 g/mol. The molecule has 1 saturated heterocycles. The van der Waals surface area contributed by atoms with Crippen LogP contribution in [0.3, 0.4) is 0 Å². The Labute approximate surface area is 115 Å². The Bertz CT molecular complexity index is 427. The van der Waals surface area contributed by atoms with Crippen LogP contribution >= 0.6 is 0 Å². The number of rotatable bonds is 4. The number of methoxy groups -OCH3 is 1. The summed E-state index contributed by atoms with van der Waals surface area (Å²) in [6.45, 7) is 7.62. The van der Waals surface area contributed by atoms with E-state index in [1.54, 1.807) is 13.4 Å². The second kappa shape index (κ2) is 5.74. The number of aromatic nitrogens is 2. The number of likely N-dealkylation sites (tertiary alicyclic amines) is 1. The summed E-state index contributed by atoms with van der Waals surface area (Å²) in [6, 6.07) is 0. The summed E-state index contributed by atoms with van der Waals surface area (Å²) >= 11 is 0. The van der Waals surface area contributed by atoms with Gasteiger partial charge < -0.3 is 15.0 Å². The van der Waals surface area contributed by atoms with Gasteiger partial charge in [-0.1, -0.05) is 6.92 Å². The highest BCUT2D eigenvalue weighted by molar-refractivity contribution is 5.47. The quantitative estimate of drug-likeness (QED) is 0.900. The minimum atomic E-state index is 0.344. The van der Waals surface area contributed by atoms with E-state index in [-0.39, 0.29) is 0 Å². The van der Waals surface area contributed by atoms with Gasteiger partial charge in [-0.2, -0.15) is 0 Å². The normalized spacial score (nSPS) is 19.2. The summed E-state index contributed by atoms with van der Waals surface area (Å²) < 4.78 is 5.22. The van der Waals surface area contributed by atoms with Crippen LogP contribution in [-0.4, -0.2) is 48.7 Å². The van der Waals surface area contributed by atoms with Crippen molar-refractivity contribution in [3.05, 3.63) is 11.9 Å². The summed E-state index contributed by atoms with van der Waals surface area (Å²) in [6.07, 6.45) is 3.99. The fraction of sp³-hybridized carbons (Fsp3) is 0.714. The number of hydrogen-bond donors (Lipinski definition) is 1. The first-order valence-corrected chi connectivity index (χ1v) is 6.82. The molecule has 0 radical (unpaired) electrons.